The zero-order valence-electron chi connectivity index (χ0n) is 9.43. The third kappa shape index (κ3) is 4.86. The molecule has 0 atom stereocenters. The van der Waals surface area contributed by atoms with E-state index in [-0.39, 0.29) is 5.91 Å². The Labute approximate surface area is 101 Å². The van der Waals surface area contributed by atoms with Crippen LogP contribution in [-0.4, -0.2) is 12.5 Å². The molecular formula is C13H14ClNO. The maximum atomic E-state index is 10.6. The van der Waals surface area contributed by atoms with E-state index in [0.717, 1.165) is 11.1 Å². The fourth-order valence-electron chi connectivity index (χ4n) is 1.27. The number of carbonyl (C=O) groups excluding carboxylic acids is 1. The molecule has 16 heavy (non-hydrogen) atoms. The maximum absolute atomic E-state index is 10.6. The lowest BCUT2D eigenvalue weighted by Crippen LogP contribution is -2.20. The van der Waals surface area contributed by atoms with Gasteiger partial charge in [0.1, 0.15) is 0 Å². The molecule has 0 radical (unpaired) electrons. The van der Waals surface area contributed by atoms with E-state index in [2.05, 4.69) is 17.2 Å². The predicted octanol–water partition coefficient (Wildman–Crippen LogP) is 2.53. The lowest BCUT2D eigenvalue weighted by molar-refractivity contribution is -0.118. The topological polar surface area (TPSA) is 29.1 Å². The number of amides is 1. The molecule has 0 bridgehead atoms. The van der Waals surface area contributed by atoms with Gasteiger partial charge in [0.05, 0.1) is 0 Å². The van der Waals surface area contributed by atoms with Crippen molar-refractivity contribution in [1.29, 1.82) is 0 Å². The molecule has 0 aliphatic carbocycles. The highest BCUT2D eigenvalue weighted by atomic mass is 35.5. The molecule has 0 aliphatic rings. The molecule has 0 fully saturated rings. The predicted molar refractivity (Wildman–Crippen MR) is 66.4 cm³/mol. The Morgan fingerprint density at radius 1 is 1.44 bits per heavy atom. The molecule has 0 spiro atoms. The highest BCUT2D eigenvalue weighted by molar-refractivity contribution is 6.30. The Morgan fingerprint density at radius 3 is 2.81 bits per heavy atom. The van der Waals surface area contributed by atoms with Crippen molar-refractivity contribution in [3.8, 4) is 11.8 Å². The summed E-state index contributed by atoms with van der Waals surface area (Å²) in [5, 5.41) is 3.39. The number of nitrogens with one attached hydrogen (secondary N) is 1. The van der Waals surface area contributed by atoms with E-state index in [0.29, 0.717) is 18.0 Å². The van der Waals surface area contributed by atoms with E-state index in [1.165, 1.54) is 6.92 Å². The van der Waals surface area contributed by atoms with Crippen molar-refractivity contribution < 1.29 is 4.79 Å². The van der Waals surface area contributed by atoms with Gasteiger partial charge in [-0.15, -0.1) is 0 Å². The maximum Gasteiger partial charge on any atom is 0.216 e. The van der Waals surface area contributed by atoms with Gasteiger partial charge in [0.25, 0.3) is 0 Å². The van der Waals surface area contributed by atoms with Gasteiger partial charge in [-0.3, -0.25) is 4.79 Å². The Bertz CT molecular complexity index is 423. The molecule has 1 aromatic rings. The number of hydrogen-bond acceptors (Lipinski definition) is 1. The molecular weight excluding hydrogens is 222 g/mol. The summed E-state index contributed by atoms with van der Waals surface area (Å²) in [6.45, 7) is 4.06. The fraction of sp³-hybridized carbons (Fsp3) is 0.308. The molecule has 0 saturated heterocycles. The van der Waals surface area contributed by atoms with Gasteiger partial charge in [0.15, 0.2) is 0 Å². The summed E-state index contributed by atoms with van der Waals surface area (Å²) in [6.07, 6.45) is 0.644. The van der Waals surface area contributed by atoms with Gasteiger partial charge in [-0.25, -0.2) is 0 Å². The fourth-order valence-corrected chi connectivity index (χ4v) is 1.56. The van der Waals surface area contributed by atoms with Crippen LogP contribution in [0.15, 0.2) is 18.2 Å². The molecule has 3 heteroatoms. The van der Waals surface area contributed by atoms with Gasteiger partial charge >= 0.3 is 0 Å². The van der Waals surface area contributed by atoms with Crippen LogP contribution >= 0.6 is 11.6 Å². The van der Waals surface area contributed by atoms with Crippen LogP contribution in [0.1, 0.15) is 24.5 Å². The van der Waals surface area contributed by atoms with Crippen molar-refractivity contribution in [2.45, 2.75) is 20.3 Å². The molecule has 1 amide bonds. The first-order chi connectivity index (χ1) is 7.58. The van der Waals surface area contributed by atoms with Crippen LogP contribution in [-0.2, 0) is 4.79 Å². The summed E-state index contributed by atoms with van der Waals surface area (Å²) in [4.78, 5) is 10.6. The summed E-state index contributed by atoms with van der Waals surface area (Å²) in [5.41, 5.74) is 2.01. The zero-order valence-corrected chi connectivity index (χ0v) is 10.2. The summed E-state index contributed by atoms with van der Waals surface area (Å²) in [7, 11) is 0. The third-order valence-electron chi connectivity index (χ3n) is 1.90. The lowest BCUT2D eigenvalue weighted by Gasteiger charge is -1.97. The van der Waals surface area contributed by atoms with Crippen LogP contribution in [0.25, 0.3) is 0 Å². The Balaban J connectivity index is 2.53. The SMILES string of the molecule is CC(=O)NCCC#Cc1cc(C)cc(Cl)c1. The first-order valence-electron chi connectivity index (χ1n) is 5.08. The van der Waals surface area contributed by atoms with Crippen molar-refractivity contribution in [1.82, 2.24) is 5.32 Å². The normalized spacial score (nSPS) is 9.19. The molecule has 0 heterocycles. The van der Waals surface area contributed by atoms with Crippen molar-refractivity contribution in [3.63, 3.8) is 0 Å². The highest BCUT2D eigenvalue weighted by Crippen LogP contribution is 2.13. The van der Waals surface area contributed by atoms with Gasteiger partial charge < -0.3 is 5.32 Å². The van der Waals surface area contributed by atoms with E-state index in [4.69, 9.17) is 11.6 Å². The highest BCUT2D eigenvalue weighted by Gasteiger charge is 1.93. The van der Waals surface area contributed by atoms with Gasteiger partial charge in [-0.2, -0.15) is 0 Å². The quantitative estimate of drug-likeness (QED) is 0.620. The number of carbonyl (C=O) groups is 1. The van der Waals surface area contributed by atoms with Crippen molar-refractivity contribution in [2.24, 2.45) is 0 Å². The lowest BCUT2D eigenvalue weighted by atomic mass is 10.1. The average Bonchev–Trinajstić information content (AvgIpc) is 2.15. The minimum atomic E-state index is -0.0274. The Kier molecular flexibility index (Phi) is 4.88. The van der Waals surface area contributed by atoms with Crippen molar-refractivity contribution in [2.75, 3.05) is 6.54 Å². The largest absolute Gasteiger partial charge is 0.355 e. The molecule has 2 nitrogen and oxygen atoms in total. The monoisotopic (exact) mass is 235 g/mol. The van der Waals surface area contributed by atoms with Gasteiger partial charge in [-0.05, 0) is 30.7 Å². The smallest absolute Gasteiger partial charge is 0.216 e. The molecule has 0 aliphatic heterocycles. The van der Waals surface area contributed by atoms with Crippen LogP contribution in [0, 0.1) is 18.8 Å². The number of benzene rings is 1. The van der Waals surface area contributed by atoms with Crippen LogP contribution in [0.5, 0.6) is 0 Å². The Morgan fingerprint density at radius 2 is 2.19 bits per heavy atom. The minimum absolute atomic E-state index is 0.0274. The van der Waals surface area contributed by atoms with E-state index in [9.17, 15) is 4.79 Å². The standard InChI is InChI=1S/C13H14ClNO/c1-10-7-12(9-13(14)8-10)5-3-4-6-15-11(2)16/h7-9H,4,6H2,1-2H3,(H,15,16). The second-order valence-corrected chi connectivity index (χ2v) is 3.99. The third-order valence-corrected chi connectivity index (χ3v) is 2.12. The number of aryl methyl sites for hydroxylation is 1. The van der Waals surface area contributed by atoms with Crippen LogP contribution in [0.4, 0.5) is 0 Å². The second kappa shape index (κ2) is 6.19. The summed E-state index contributed by atoms with van der Waals surface area (Å²) < 4.78 is 0. The van der Waals surface area contributed by atoms with E-state index >= 15 is 0 Å². The van der Waals surface area contributed by atoms with Gasteiger partial charge in [0.2, 0.25) is 5.91 Å². The average molecular weight is 236 g/mol. The number of hydrogen-bond donors (Lipinski definition) is 1. The molecule has 1 aromatic carbocycles. The molecule has 1 N–H and O–H groups in total. The summed E-state index contributed by atoms with van der Waals surface area (Å²) in [6, 6.07) is 5.71. The molecule has 84 valence electrons. The van der Waals surface area contributed by atoms with Crippen molar-refractivity contribution >= 4 is 17.5 Å². The molecule has 1 rings (SSSR count). The molecule has 0 aromatic heterocycles. The van der Waals surface area contributed by atoms with Crippen molar-refractivity contribution in [3.05, 3.63) is 34.3 Å². The van der Waals surface area contributed by atoms with Gasteiger partial charge in [0, 0.05) is 30.5 Å². The van der Waals surface area contributed by atoms with E-state index in [1.807, 2.05) is 25.1 Å². The van der Waals surface area contributed by atoms with E-state index < -0.39 is 0 Å². The zero-order chi connectivity index (χ0) is 12.0. The Hall–Kier alpha value is -1.46. The summed E-state index contributed by atoms with van der Waals surface area (Å²) >= 11 is 5.91. The first kappa shape index (κ1) is 12.6. The molecule has 0 saturated carbocycles. The number of halogens is 1. The van der Waals surface area contributed by atoms with E-state index in [1.54, 1.807) is 0 Å². The molecule has 0 unspecified atom stereocenters. The van der Waals surface area contributed by atoms with Crippen LogP contribution < -0.4 is 5.32 Å². The second-order valence-electron chi connectivity index (χ2n) is 3.55. The van der Waals surface area contributed by atoms with Crippen LogP contribution in [0.2, 0.25) is 5.02 Å². The first-order valence-corrected chi connectivity index (χ1v) is 5.46. The number of rotatable bonds is 2. The minimum Gasteiger partial charge on any atom is -0.355 e. The van der Waals surface area contributed by atoms with Gasteiger partial charge in [-0.1, -0.05) is 23.4 Å². The van der Waals surface area contributed by atoms with Crippen LogP contribution in [0.3, 0.4) is 0 Å². The summed E-state index contributed by atoms with van der Waals surface area (Å²) in [5.74, 6) is 5.98.